The molecule has 1 amide bonds. The van der Waals surface area contributed by atoms with E-state index in [-0.39, 0.29) is 12.1 Å². The van der Waals surface area contributed by atoms with Crippen LogP contribution in [0.4, 0.5) is 4.79 Å². The fourth-order valence-electron chi connectivity index (χ4n) is 2.69. The van der Waals surface area contributed by atoms with Gasteiger partial charge in [-0.2, -0.15) is 5.10 Å². The third-order valence-electron chi connectivity index (χ3n) is 4.01. The van der Waals surface area contributed by atoms with Gasteiger partial charge in [-0.3, -0.25) is 4.79 Å². The quantitative estimate of drug-likeness (QED) is 0.776. The molecular formula is C18H17N3O3. The Bertz CT molecular complexity index is 992. The van der Waals surface area contributed by atoms with Gasteiger partial charge in [0.2, 0.25) is 0 Å². The van der Waals surface area contributed by atoms with Crippen molar-refractivity contribution < 1.29 is 9.90 Å². The van der Waals surface area contributed by atoms with E-state index in [4.69, 9.17) is 5.11 Å². The van der Waals surface area contributed by atoms with Gasteiger partial charge in [0.1, 0.15) is 0 Å². The molecule has 2 aromatic carbocycles. The molecule has 0 unspecified atom stereocenters. The second-order valence-corrected chi connectivity index (χ2v) is 5.62. The molecule has 2 N–H and O–H groups in total. The molecule has 0 saturated heterocycles. The second kappa shape index (κ2) is 6.16. The summed E-state index contributed by atoms with van der Waals surface area (Å²) < 4.78 is 1.33. The molecule has 0 atom stereocenters. The Balaban J connectivity index is 2.18. The summed E-state index contributed by atoms with van der Waals surface area (Å²) >= 11 is 0. The highest BCUT2D eigenvalue weighted by molar-refractivity contribution is 5.93. The first-order valence-corrected chi connectivity index (χ1v) is 7.50. The van der Waals surface area contributed by atoms with Gasteiger partial charge in [-0.15, -0.1) is 0 Å². The number of rotatable bonds is 3. The number of nitrogens with one attached hydrogen (secondary N) is 1. The topological polar surface area (TPSA) is 84.2 Å². The number of amides is 1. The van der Waals surface area contributed by atoms with Gasteiger partial charge in [-0.1, -0.05) is 30.3 Å². The van der Waals surface area contributed by atoms with E-state index in [1.807, 2.05) is 43.3 Å². The monoisotopic (exact) mass is 323 g/mol. The van der Waals surface area contributed by atoms with Crippen LogP contribution in [-0.2, 0) is 13.6 Å². The highest BCUT2D eigenvalue weighted by Gasteiger charge is 2.12. The van der Waals surface area contributed by atoms with Crippen LogP contribution >= 0.6 is 0 Å². The third-order valence-corrected chi connectivity index (χ3v) is 4.01. The number of benzene rings is 2. The molecule has 0 bridgehead atoms. The van der Waals surface area contributed by atoms with Gasteiger partial charge in [0.05, 0.1) is 11.1 Å². The largest absolute Gasteiger partial charge is 0.465 e. The van der Waals surface area contributed by atoms with E-state index in [0.29, 0.717) is 11.1 Å². The molecule has 6 nitrogen and oxygen atoms in total. The number of aryl methyl sites for hydroxylation is 2. The van der Waals surface area contributed by atoms with Gasteiger partial charge in [0.25, 0.3) is 5.56 Å². The van der Waals surface area contributed by atoms with Crippen molar-refractivity contribution >= 4 is 16.9 Å². The number of carboxylic acid groups (broad SMARTS) is 1. The van der Waals surface area contributed by atoms with Gasteiger partial charge in [-0.25, -0.2) is 9.48 Å². The number of fused-ring (bicyclic) bond motifs is 1. The molecule has 122 valence electrons. The van der Waals surface area contributed by atoms with Crippen LogP contribution in [0.25, 0.3) is 22.0 Å². The van der Waals surface area contributed by atoms with Crippen LogP contribution in [0.2, 0.25) is 0 Å². The Morgan fingerprint density at radius 3 is 2.62 bits per heavy atom. The Hall–Kier alpha value is -3.15. The lowest BCUT2D eigenvalue weighted by Crippen LogP contribution is -2.21. The molecule has 24 heavy (non-hydrogen) atoms. The van der Waals surface area contributed by atoms with Crippen molar-refractivity contribution in [2.24, 2.45) is 7.05 Å². The molecule has 0 aliphatic rings. The zero-order chi connectivity index (χ0) is 17.3. The van der Waals surface area contributed by atoms with Gasteiger partial charge in [-0.05, 0) is 30.2 Å². The highest BCUT2D eigenvalue weighted by Crippen LogP contribution is 2.26. The van der Waals surface area contributed by atoms with Crippen LogP contribution in [0.5, 0.6) is 0 Å². The lowest BCUT2D eigenvalue weighted by Gasteiger charge is -2.11. The lowest BCUT2D eigenvalue weighted by molar-refractivity contribution is 0.194. The first kappa shape index (κ1) is 15.7. The molecule has 0 radical (unpaired) electrons. The average molecular weight is 323 g/mol. The maximum atomic E-state index is 12.2. The van der Waals surface area contributed by atoms with Crippen LogP contribution in [0.3, 0.4) is 0 Å². The van der Waals surface area contributed by atoms with Crippen LogP contribution in [0.1, 0.15) is 11.1 Å². The van der Waals surface area contributed by atoms with Gasteiger partial charge in [0, 0.05) is 24.5 Å². The lowest BCUT2D eigenvalue weighted by atomic mass is 10.00. The molecule has 6 heteroatoms. The van der Waals surface area contributed by atoms with Crippen molar-refractivity contribution in [2.45, 2.75) is 13.5 Å². The van der Waals surface area contributed by atoms with Crippen LogP contribution < -0.4 is 10.9 Å². The van der Waals surface area contributed by atoms with E-state index < -0.39 is 6.09 Å². The minimum atomic E-state index is -1.06. The normalized spacial score (nSPS) is 10.8. The zero-order valence-electron chi connectivity index (χ0n) is 13.4. The third kappa shape index (κ3) is 2.86. The standard InChI is InChI=1S/C18H17N3O3/c1-11-7-8-12(9-13(11)10-19-18(23)24)16-14-5-3-4-6-15(14)17(22)21(2)20-16/h3-9,19H,10H2,1-2H3,(H,23,24). The Morgan fingerprint density at radius 1 is 1.21 bits per heavy atom. The molecule has 1 aromatic heterocycles. The Labute approximate surface area is 138 Å². The first-order valence-electron chi connectivity index (χ1n) is 7.50. The molecule has 0 spiro atoms. The molecule has 0 fully saturated rings. The fraction of sp³-hybridized carbons (Fsp3) is 0.167. The van der Waals surface area contributed by atoms with Crippen molar-refractivity contribution in [3.63, 3.8) is 0 Å². The summed E-state index contributed by atoms with van der Waals surface area (Å²) in [5.41, 5.74) is 3.25. The van der Waals surface area contributed by atoms with E-state index in [9.17, 15) is 9.59 Å². The smallest absolute Gasteiger partial charge is 0.404 e. The zero-order valence-corrected chi connectivity index (χ0v) is 13.4. The summed E-state index contributed by atoms with van der Waals surface area (Å²) in [4.78, 5) is 23.0. The van der Waals surface area contributed by atoms with Crippen molar-refractivity contribution in [3.8, 4) is 11.3 Å². The Morgan fingerprint density at radius 2 is 1.92 bits per heavy atom. The number of carbonyl (C=O) groups is 1. The summed E-state index contributed by atoms with van der Waals surface area (Å²) in [6, 6.07) is 13.1. The Kier molecular flexibility index (Phi) is 4.04. The summed E-state index contributed by atoms with van der Waals surface area (Å²) in [5.74, 6) is 0. The van der Waals surface area contributed by atoms with E-state index >= 15 is 0 Å². The minimum absolute atomic E-state index is 0.144. The number of hydrogen-bond acceptors (Lipinski definition) is 3. The highest BCUT2D eigenvalue weighted by atomic mass is 16.4. The second-order valence-electron chi connectivity index (χ2n) is 5.62. The predicted octanol–water partition coefficient (Wildman–Crippen LogP) is 2.68. The SMILES string of the molecule is Cc1ccc(-c2nn(C)c(=O)c3ccccc23)cc1CNC(=O)O. The number of hydrogen-bond donors (Lipinski definition) is 2. The summed E-state index contributed by atoms with van der Waals surface area (Å²) in [7, 11) is 1.62. The van der Waals surface area contributed by atoms with Crippen molar-refractivity contribution in [2.75, 3.05) is 0 Å². The maximum Gasteiger partial charge on any atom is 0.404 e. The van der Waals surface area contributed by atoms with E-state index in [1.54, 1.807) is 13.1 Å². The molecular weight excluding hydrogens is 306 g/mol. The van der Waals surface area contributed by atoms with Crippen molar-refractivity contribution in [1.29, 1.82) is 0 Å². The molecule has 3 rings (SSSR count). The number of nitrogens with zero attached hydrogens (tertiary/aromatic N) is 2. The van der Waals surface area contributed by atoms with Gasteiger partial charge in [0.15, 0.2) is 0 Å². The summed E-state index contributed by atoms with van der Waals surface area (Å²) in [6.07, 6.45) is -1.06. The van der Waals surface area contributed by atoms with Crippen LogP contribution in [-0.4, -0.2) is 21.0 Å². The minimum Gasteiger partial charge on any atom is -0.465 e. The van der Waals surface area contributed by atoms with Gasteiger partial charge >= 0.3 is 6.09 Å². The van der Waals surface area contributed by atoms with Crippen LogP contribution in [0.15, 0.2) is 47.3 Å². The average Bonchev–Trinajstić information content (AvgIpc) is 2.57. The van der Waals surface area contributed by atoms with E-state index in [0.717, 1.165) is 22.1 Å². The predicted molar refractivity (Wildman–Crippen MR) is 92.0 cm³/mol. The number of aromatic nitrogens is 2. The molecule has 1 heterocycles. The van der Waals surface area contributed by atoms with Crippen LogP contribution in [0, 0.1) is 6.92 Å². The van der Waals surface area contributed by atoms with Crippen molar-refractivity contribution in [1.82, 2.24) is 15.1 Å². The maximum absolute atomic E-state index is 12.2. The molecule has 0 saturated carbocycles. The van der Waals surface area contributed by atoms with E-state index in [1.165, 1.54) is 4.68 Å². The molecule has 0 aliphatic carbocycles. The summed E-state index contributed by atoms with van der Waals surface area (Å²) in [6.45, 7) is 2.15. The molecule has 0 aliphatic heterocycles. The fourth-order valence-corrected chi connectivity index (χ4v) is 2.69. The molecule has 3 aromatic rings. The first-order chi connectivity index (χ1) is 11.5. The summed E-state index contributed by atoms with van der Waals surface area (Å²) in [5, 5.41) is 17.0. The van der Waals surface area contributed by atoms with Gasteiger partial charge < -0.3 is 10.4 Å². The van der Waals surface area contributed by atoms with Crippen molar-refractivity contribution in [3.05, 3.63) is 63.9 Å². The van der Waals surface area contributed by atoms with E-state index in [2.05, 4.69) is 10.4 Å².